The van der Waals surface area contributed by atoms with Crippen molar-refractivity contribution in [3.63, 3.8) is 0 Å². The van der Waals surface area contributed by atoms with Crippen molar-refractivity contribution in [2.45, 2.75) is 0 Å². The van der Waals surface area contributed by atoms with E-state index in [1.807, 2.05) is 18.2 Å². The minimum Gasteiger partial charge on any atom is -0.495 e. The number of hydrogen-bond donors (Lipinski definition) is 1. The van der Waals surface area contributed by atoms with Crippen molar-refractivity contribution in [3.8, 4) is 16.9 Å². The summed E-state index contributed by atoms with van der Waals surface area (Å²) in [7, 11) is 1.57. The van der Waals surface area contributed by atoms with Gasteiger partial charge in [-0.25, -0.2) is 9.97 Å². The standard InChI is InChI=1S/C16H12ClN3O2S/c1-22-14-4-2-10(6-12(14)17)11-3-5-15(18-7-11)20-16(21)13-8-23-9-19-13/h2-9H,1H3,(H,18,20,21). The molecular formula is C16H12ClN3O2S. The van der Waals surface area contributed by atoms with Crippen LogP contribution >= 0.6 is 22.9 Å². The SMILES string of the molecule is COc1ccc(-c2ccc(NC(=O)c3cscn3)nc2)cc1Cl. The average molecular weight is 346 g/mol. The van der Waals surface area contributed by atoms with Gasteiger partial charge in [-0.15, -0.1) is 11.3 Å². The van der Waals surface area contributed by atoms with Gasteiger partial charge in [0.05, 0.1) is 17.6 Å². The van der Waals surface area contributed by atoms with E-state index in [0.29, 0.717) is 22.3 Å². The van der Waals surface area contributed by atoms with Crippen LogP contribution in [-0.4, -0.2) is 23.0 Å². The third kappa shape index (κ3) is 3.49. The summed E-state index contributed by atoms with van der Waals surface area (Å²) in [4.78, 5) is 20.1. The van der Waals surface area contributed by atoms with Gasteiger partial charge in [0, 0.05) is 17.1 Å². The number of rotatable bonds is 4. The Morgan fingerprint density at radius 3 is 2.65 bits per heavy atom. The second kappa shape index (κ2) is 6.76. The number of thiazole rings is 1. The van der Waals surface area contributed by atoms with Gasteiger partial charge in [0.1, 0.15) is 17.3 Å². The Bertz CT molecular complexity index is 820. The lowest BCUT2D eigenvalue weighted by atomic mass is 10.1. The number of amides is 1. The highest BCUT2D eigenvalue weighted by Crippen LogP contribution is 2.30. The summed E-state index contributed by atoms with van der Waals surface area (Å²) in [6.45, 7) is 0. The van der Waals surface area contributed by atoms with Crippen molar-refractivity contribution < 1.29 is 9.53 Å². The molecule has 0 aliphatic heterocycles. The number of benzene rings is 1. The fourth-order valence-corrected chi connectivity index (χ4v) is 2.78. The molecule has 0 atom stereocenters. The highest BCUT2D eigenvalue weighted by Gasteiger charge is 2.09. The number of carbonyl (C=O) groups excluding carboxylic acids is 1. The zero-order valence-corrected chi connectivity index (χ0v) is 13.7. The van der Waals surface area contributed by atoms with Gasteiger partial charge in [-0.05, 0) is 29.8 Å². The summed E-state index contributed by atoms with van der Waals surface area (Å²) in [5, 5.41) is 4.92. The lowest BCUT2D eigenvalue weighted by Gasteiger charge is -2.07. The molecule has 3 rings (SSSR count). The number of nitrogens with zero attached hydrogens (tertiary/aromatic N) is 2. The molecule has 1 amide bonds. The molecule has 5 nitrogen and oxygen atoms in total. The number of nitrogens with one attached hydrogen (secondary N) is 1. The van der Waals surface area contributed by atoms with Gasteiger partial charge in [0.2, 0.25) is 0 Å². The Balaban J connectivity index is 1.77. The van der Waals surface area contributed by atoms with Crippen LogP contribution in [0, 0.1) is 0 Å². The Kier molecular flexibility index (Phi) is 4.55. The van der Waals surface area contributed by atoms with Crippen LogP contribution in [0.2, 0.25) is 5.02 Å². The van der Waals surface area contributed by atoms with E-state index in [-0.39, 0.29) is 5.91 Å². The third-order valence-corrected chi connectivity index (χ3v) is 4.04. The Morgan fingerprint density at radius 1 is 1.22 bits per heavy atom. The monoisotopic (exact) mass is 345 g/mol. The summed E-state index contributed by atoms with van der Waals surface area (Å²) in [6.07, 6.45) is 1.68. The molecule has 116 valence electrons. The maximum Gasteiger partial charge on any atom is 0.276 e. The molecule has 0 fully saturated rings. The van der Waals surface area contributed by atoms with Crippen molar-refractivity contribution in [3.05, 3.63) is 58.1 Å². The molecule has 1 N–H and O–H groups in total. The first-order chi connectivity index (χ1) is 11.2. The smallest absolute Gasteiger partial charge is 0.276 e. The second-order valence-corrected chi connectivity index (χ2v) is 5.74. The molecule has 0 aliphatic rings. The van der Waals surface area contributed by atoms with E-state index < -0.39 is 0 Å². The van der Waals surface area contributed by atoms with Crippen LogP contribution in [0.3, 0.4) is 0 Å². The molecule has 7 heteroatoms. The van der Waals surface area contributed by atoms with Crippen LogP contribution in [-0.2, 0) is 0 Å². The summed E-state index contributed by atoms with van der Waals surface area (Å²) in [6, 6.07) is 9.11. The van der Waals surface area contributed by atoms with Gasteiger partial charge in [-0.2, -0.15) is 0 Å². The molecule has 3 aromatic rings. The van der Waals surface area contributed by atoms with Crippen molar-refractivity contribution >= 4 is 34.7 Å². The first-order valence-electron chi connectivity index (χ1n) is 6.67. The molecule has 23 heavy (non-hydrogen) atoms. The molecule has 2 heterocycles. The van der Waals surface area contributed by atoms with Gasteiger partial charge in [0.25, 0.3) is 5.91 Å². The first-order valence-corrected chi connectivity index (χ1v) is 7.99. The second-order valence-electron chi connectivity index (χ2n) is 4.61. The molecule has 0 unspecified atom stereocenters. The number of carbonyl (C=O) groups is 1. The molecule has 0 radical (unpaired) electrons. The minimum absolute atomic E-state index is 0.279. The zero-order chi connectivity index (χ0) is 16.2. The molecule has 0 saturated carbocycles. The van der Waals surface area contributed by atoms with E-state index in [2.05, 4.69) is 15.3 Å². The fraction of sp³-hybridized carbons (Fsp3) is 0.0625. The van der Waals surface area contributed by atoms with Crippen LogP contribution < -0.4 is 10.1 Å². The number of pyridine rings is 1. The van der Waals surface area contributed by atoms with Gasteiger partial charge in [-0.1, -0.05) is 17.7 Å². The molecular weight excluding hydrogens is 334 g/mol. The van der Waals surface area contributed by atoms with Crippen molar-refractivity contribution in [2.24, 2.45) is 0 Å². The quantitative estimate of drug-likeness (QED) is 0.772. The zero-order valence-electron chi connectivity index (χ0n) is 12.1. The maximum atomic E-state index is 11.9. The number of methoxy groups -OCH3 is 1. The Morgan fingerprint density at radius 2 is 2.04 bits per heavy atom. The predicted octanol–water partition coefficient (Wildman–Crippen LogP) is 4.12. The largest absolute Gasteiger partial charge is 0.495 e. The topological polar surface area (TPSA) is 64.1 Å². The van der Waals surface area contributed by atoms with Crippen LogP contribution in [0.15, 0.2) is 47.4 Å². The van der Waals surface area contributed by atoms with E-state index in [4.69, 9.17) is 16.3 Å². The summed E-state index contributed by atoms with van der Waals surface area (Å²) >= 11 is 7.50. The summed E-state index contributed by atoms with van der Waals surface area (Å²) < 4.78 is 5.13. The van der Waals surface area contributed by atoms with E-state index in [9.17, 15) is 4.79 Å². The van der Waals surface area contributed by atoms with Crippen molar-refractivity contribution in [2.75, 3.05) is 12.4 Å². The molecule has 1 aromatic carbocycles. The fourth-order valence-electron chi connectivity index (χ4n) is 1.99. The van der Waals surface area contributed by atoms with Crippen LogP contribution in [0.4, 0.5) is 5.82 Å². The van der Waals surface area contributed by atoms with E-state index in [0.717, 1.165) is 11.1 Å². The predicted molar refractivity (Wildman–Crippen MR) is 91.3 cm³/mol. The van der Waals surface area contributed by atoms with E-state index in [1.54, 1.807) is 36.3 Å². The maximum absolute atomic E-state index is 11.9. The van der Waals surface area contributed by atoms with E-state index in [1.165, 1.54) is 11.3 Å². The van der Waals surface area contributed by atoms with E-state index >= 15 is 0 Å². The minimum atomic E-state index is -0.279. The van der Waals surface area contributed by atoms with Crippen molar-refractivity contribution in [1.82, 2.24) is 9.97 Å². The Labute approximate surface area is 141 Å². The lowest BCUT2D eigenvalue weighted by Crippen LogP contribution is -2.13. The highest BCUT2D eigenvalue weighted by molar-refractivity contribution is 7.07. The molecule has 0 aliphatic carbocycles. The summed E-state index contributed by atoms with van der Waals surface area (Å²) in [5.41, 5.74) is 3.79. The first kappa shape index (κ1) is 15.5. The normalized spacial score (nSPS) is 10.3. The Hall–Kier alpha value is -2.44. The van der Waals surface area contributed by atoms with Gasteiger partial charge < -0.3 is 10.1 Å². The number of aromatic nitrogens is 2. The molecule has 0 saturated heterocycles. The lowest BCUT2D eigenvalue weighted by molar-refractivity contribution is 0.102. The van der Waals surface area contributed by atoms with Gasteiger partial charge >= 0.3 is 0 Å². The average Bonchev–Trinajstić information content (AvgIpc) is 3.10. The molecule has 0 spiro atoms. The number of ether oxygens (including phenoxy) is 1. The third-order valence-electron chi connectivity index (χ3n) is 3.16. The van der Waals surface area contributed by atoms with Crippen LogP contribution in [0.1, 0.15) is 10.5 Å². The number of halogens is 1. The molecule has 2 aromatic heterocycles. The summed E-state index contributed by atoms with van der Waals surface area (Å²) in [5.74, 6) is 0.806. The van der Waals surface area contributed by atoms with Gasteiger partial charge in [-0.3, -0.25) is 4.79 Å². The van der Waals surface area contributed by atoms with Crippen molar-refractivity contribution in [1.29, 1.82) is 0 Å². The molecule has 0 bridgehead atoms. The highest BCUT2D eigenvalue weighted by atomic mass is 35.5. The van der Waals surface area contributed by atoms with Crippen LogP contribution in [0.5, 0.6) is 5.75 Å². The van der Waals surface area contributed by atoms with Gasteiger partial charge in [0.15, 0.2) is 0 Å². The van der Waals surface area contributed by atoms with Crippen LogP contribution in [0.25, 0.3) is 11.1 Å². The number of hydrogen-bond acceptors (Lipinski definition) is 5. The number of anilines is 1.